The number of hydrogen-bond donors (Lipinski definition) is 2. The summed E-state index contributed by atoms with van der Waals surface area (Å²) in [5, 5.41) is 14.3. The van der Waals surface area contributed by atoms with Gasteiger partial charge in [0, 0.05) is 12.2 Å². The average Bonchev–Trinajstić information content (AvgIpc) is 2.53. The van der Waals surface area contributed by atoms with Gasteiger partial charge in [0.25, 0.3) is 5.91 Å². The Hall–Kier alpha value is -2.27. The fraction of sp³-hybridized carbons (Fsp3) is 0.353. The van der Waals surface area contributed by atoms with Crippen molar-refractivity contribution < 1.29 is 4.79 Å². The molecule has 0 radical (unpaired) electrons. The third-order valence-electron chi connectivity index (χ3n) is 3.34. The van der Waals surface area contributed by atoms with Crippen LogP contribution >= 0.6 is 0 Å². The van der Waals surface area contributed by atoms with Crippen LogP contribution in [0.15, 0.2) is 30.3 Å². The summed E-state index contributed by atoms with van der Waals surface area (Å²) in [6, 6.07) is 9.63. The molecule has 2 aromatic rings. The minimum absolute atomic E-state index is 0.143. The highest BCUT2D eigenvalue weighted by Crippen LogP contribution is 2.14. The van der Waals surface area contributed by atoms with Gasteiger partial charge in [0.05, 0.1) is 17.0 Å². The van der Waals surface area contributed by atoms with Crippen LogP contribution in [-0.4, -0.2) is 22.6 Å². The summed E-state index contributed by atoms with van der Waals surface area (Å²) in [7, 11) is 0. The van der Waals surface area contributed by atoms with E-state index in [4.69, 9.17) is 0 Å². The van der Waals surface area contributed by atoms with Crippen molar-refractivity contribution in [3.05, 3.63) is 52.8 Å². The largest absolute Gasteiger partial charge is 0.322 e. The summed E-state index contributed by atoms with van der Waals surface area (Å²) >= 11 is 0. The van der Waals surface area contributed by atoms with Crippen molar-refractivity contribution in [2.75, 3.05) is 11.9 Å². The van der Waals surface area contributed by atoms with Crippen LogP contribution in [0.25, 0.3) is 0 Å². The summed E-state index contributed by atoms with van der Waals surface area (Å²) in [4.78, 5) is 12.5. The van der Waals surface area contributed by atoms with Gasteiger partial charge < -0.3 is 10.6 Å². The third kappa shape index (κ3) is 4.11. The van der Waals surface area contributed by atoms with E-state index in [9.17, 15) is 4.79 Å². The number of carbonyl (C=O) groups excluding carboxylic acids is 1. The number of aryl methyl sites for hydroxylation is 2. The predicted octanol–water partition coefficient (Wildman–Crippen LogP) is 2.71. The maximum Gasteiger partial charge on any atom is 0.257 e. The average molecular weight is 298 g/mol. The van der Waals surface area contributed by atoms with Crippen molar-refractivity contribution in [3.8, 4) is 0 Å². The summed E-state index contributed by atoms with van der Waals surface area (Å²) in [6.07, 6.45) is 0.677. The Morgan fingerprint density at radius 3 is 2.73 bits per heavy atom. The zero-order chi connectivity index (χ0) is 15.9. The number of hydrogen-bond acceptors (Lipinski definition) is 4. The summed E-state index contributed by atoms with van der Waals surface area (Å²) in [5.74, 6) is -0.143. The Morgan fingerprint density at radius 1 is 1.18 bits per heavy atom. The van der Waals surface area contributed by atoms with E-state index in [1.165, 1.54) is 0 Å². The summed E-state index contributed by atoms with van der Waals surface area (Å²) in [5.41, 5.74) is 3.97. The molecule has 1 amide bonds. The fourth-order valence-electron chi connectivity index (χ4n) is 2.20. The second-order valence-corrected chi connectivity index (χ2v) is 5.13. The lowest BCUT2D eigenvalue weighted by molar-refractivity contribution is 0.102. The lowest BCUT2D eigenvalue weighted by Crippen LogP contribution is -2.17. The van der Waals surface area contributed by atoms with Crippen molar-refractivity contribution in [1.82, 2.24) is 15.5 Å². The molecule has 0 aliphatic carbocycles. The van der Waals surface area contributed by atoms with E-state index in [0.717, 1.165) is 30.0 Å². The highest BCUT2D eigenvalue weighted by molar-refractivity contribution is 6.05. The quantitative estimate of drug-likeness (QED) is 0.860. The van der Waals surface area contributed by atoms with E-state index >= 15 is 0 Å². The summed E-state index contributed by atoms with van der Waals surface area (Å²) in [6.45, 7) is 7.57. The van der Waals surface area contributed by atoms with Gasteiger partial charge in [0.15, 0.2) is 0 Å². The first-order valence-electron chi connectivity index (χ1n) is 7.58. The van der Waals surface area contributed by atoms with Crippen LogP contribution in [0.4, 0.5) is 5.69 Å². The molecule has 0 saturated carbocycles. The van der Waals surface area contributed by atoms with Crippen molar-refractivity contribution in [2.24, 2.45) is 0 Å². The first-order chi connectivity index (χ1) is 10.6. The molecule has 1 aromatic heterocycles. The molecule has 0 fully saturated rings. The lowest BCUT2D eigenvalue weighted by atomic mass is 10.1. The molecule has 5 heteroatoms. The molecule has 0 atom stereocenters. The molecule has 2 rings (SSSR count). The SMILES string of the molecule is CCNCc1cccc(NC(=O)c2cc(C)nnc2CC)c1. The molecule has 1 heterocycles. The molecular formula is C17H22N4O. The predicted molar refractivity (Wildman–Crippen MR) is 87.9 cm³/mol. The highest BCUT2D eigenvalue weighted by atomic mass is 16.1. The van der Waals surface area contributed by atoms with Crippen LogP contribution < -0.4 is 10.6 Å². The molecule has 1 aromatic carbocycles. The van der Waals surface area contributed by atoms with Crippen LogP contribution in [0.3, 0.4) is 0 Å². The second kappa shape index (κ2) is 7.66. The molecule has 2 N–H and O–H groups in total. The first kappa shape index (κ1) is 16.1. The number of carbonyl (C=O) groups is 1. The number of benzene rings is 1. The number of nitrogens with zero attached hydrogens (tertiary/aromatic N) is 2. The standard InChI is InChI=1S/C17H22N4O/c1-4-16-15(9-12(3)20-21-16)17(22)19-14-8-6-7-13(10-14)11-18-5-2/h6-10,18H,4-5,11H2,1-3H3,(H,19,22). The maximum atomic E-state index is 12.5. The highest BCUT2D eigenvalue weighted by Gasteiger charge is 2.13. The number of nitrogens with one attached hydrogen (secondary N) is 2. The molecular weight excluding hydrogens is 276 g/mol. The van der Waals surface area contributed by atoms with Crippen LogP contribution in [0.5, 0.6) is 0 Å². The normalized spacial score (nSPS) is 10.5. The van der Waals surface area contributed by atoms with Crippen molar-refractivity contribution in [2.45, 2.75) is 33.7 Å². The number of rotatable bonds is 6. The van der Waals surface area contributed by atoms with E-state index in [1.807, 2.05) is 38.1 Å². The zero-order valence-electron chi connectivity index (χ0n) is 13.3. The van der Waals surface area contributed by atoms with Gasteiger partial charge >= 0.3 is 0 Å². The smallest absolute Gasteiger partial charge is 0.257 e. The first-order valence-corrected chi connectivity index (χ1v) is 7.58. The van der Waals surface area contributed by atoms with Crippen LogP contribution in [-0.2, 0) is 13.0 Å². The van der Waals surface area contributed by atoms with E-state index in [0.29, 0.717) is 17.7 Å². The van der Waals surface area contributed by atoms with Crippen molar-refractivity contribution in [3.63, 3.8) is 0 Å². The van der Waals surface area contributed by atoms with Gasteiger partial charge in [0.1, 0.15) is 0 Å². The van der Waals surface area contributed by atoms with E-state index in [1.54, 1.807) is 6.07 Å². The van der Waals surface area contributed by atoms with Crippen molar-refractivity contribution in [1.29, 1.82) is 0 Å². The minimum atomic E-state index is -0.143. The molecule has 0 spiro atoms. The minimum Gasteiger partial charge on any atom is -0.322 e. The maximum absolute atomic E-state index is 12.5. The van der Waals surface area contributed by atoms with Crippen molar-refractivity contribution >= 4 is 11.6 Å². The second-order valence-electron chi connectivity index (χ2n) is 5.13. The number of amides is 1. The van der Waals surface area contributed by atoms with Crippen LogP contribution in [0.2, 0.25) is 0 Å². The molecule has 5 nitrogen and oxygen atoms in total. The topological polar surface area (TPSA) is 66.9 Å². The third-order valence-corrected chi connectivity index (χ3v) is 3.34. The van der Waals surface area contributed by atoms with Gasteiger partial charge in [-0.15, -0.1) is 0 Å². The lowest BCUT2D eigenvalue weighted by Gasteiger charge is -2.10. The molecule has 0 bridgehead atoms. The van der Waals surface area contributed by atoms with Gasteiger partial charge in [-0.3, -0.25) is 4.79 Å². The van der Waals surface area contributed by atoms with Gasteiger partial charge in [-0.05, 0) is 43.7 Å². The number of aromatic nitrogens is 2. The van der Waals surface area contributed by atoms with E-state index in [-0.39, 0.29) is 5.91 Å². The van der Waals surface area contributed by atoms with Crippen LogP contribution in [0, 0.1) is 6.92 Å². The fourth-order valence-corrected chi connectivity index (χ4v) is 2.20. The van der Waals surface area contributed by atoms with E-state index < -0.39 is 0 Å². The van der Waals surface area contributed by atoms with Gasteiger partial charge in [0.2, 0.25) is 0 Å². The zero-order valence-corrected chi connectivity index (χ0v) is 13.3. The molecule has 22 heavy (non-hydrogen) atoms. The Bertz CT molecular complexity index is 655. The Balaban J connectivity index is 2.16. The summed E-state index contributed by atoms with van der Waals surface area (Å²) < 4.78 is 0. The molecule has 0 saturated heterocycles. The molecule has 0 unspecified atom stereocenters. The van der Waals surface area contributed by atoms with Gasteiger partial charge in [-0.2, -0.15) is 10.2 Å². The monoisotopic (exact) mass is 298 g/mol. The molecule has 116 valence electrons. The van der Waals surface area contributed by atoms with Crippen LogP contribution in [0.1, 0.15) is 41.2 Å². The Kier molecular flexibility index (Phi) is 5.61. The Morgan fingerprint density at radius 2 is 2.00 bits per heavy atom. The van der Waals surface area contributed by atoms with E-state index in [2.05, 4.69) is 27.8 Å². The number of anilines is 1. The molecule has 0 aliphatic rings. The van der Waals surface area contributed by atoms with Gasteiger partial charge in [-0.1, -0.05) is 26.0 Å². The Labute approximate surface area is 131 Å². The molecule has 0 aliphatic heterocycles. The van der Waals surface area contributed by atoms with Gasteiger partial charge in [-0.25, -0.2) is 0 Å².